The second kappa shape index (κ2) is 8.55. The molecule has 0 radical (unpaired) electrons. The standard InChI is InChI=1S/C22H25N3O4/c1-15(26)11-25(12-16-3-8-20-21(9-16)29-14-28-20)13-18-10-23-24-22(18)17-4-6-19(27-2)7-5-17/h3-10,15,26H,11-14H2,1-2H3,(H,23,24)/t15-/m0/s1. The second-order valence-electron chi connectivity index (χ2n) is 7.20. The average molecular weight is 395 g/mol. The van der Waals surface area contributed by atoms with E-state index in [2.05, 4.69) is 15.1 Å². The van der Waals surface area contributed by atoms with Crippen LogP contribution in [0, 0.1) is 0 Å². The van der Waals surface area contributed by atoms with Crippen LogP contribution in [-0.2, 0) is 13.1 Å². The van der Waals surface area contributed by atoms with Gasteiger partial charge in [0.05, 0.1) is 25.1 Å². The fraction of sp³-hybridized carbons (Fsp3) is 0.318. The van der Waals surface area contributed by atoms with Gasteiger partial charge in [0.25, 0.3) is 0 Å². The van der Waals surface area contributed by atoms with Gasteiger partial charge in [-0.1, -0.05) is 6.07 Å². The Morgan fingerprint density at radius 3 is 2.69 bits per heavy atom. The number of aromatic nitrogens is 2. The highest BCUT2D eigenvalue weighted by Gasteiger charge is 2.18. The summed E-state index contributed by atoms with van der Waals surface area (Å²) >= 11 is 0. The number of ether oxygens (including phenoxy) is 3. The average Bonchev–Trinajstić information content (AvgIpc) is 3.36. The van der Waals surface area contributed by atoms with Crippen LogP contribution in [0.25, 0.3) is 11.3 Å². The number of hydrogen-bond acceptors (Lipinski definition) is 6. The zero-order valence-corrected chi connectivity index (χ0v) is 16.6. The highest BCUT2D eigenvalue weighted by atomic mass is 16.7. The number of hydrogen-bond donors (Lipinski definition) is 2. The van der Waals surface area contributed by atoms with E-state index in [1.165, 1.54) is 0 Å². The molecule has 7 heteroatoms. The SMILES string of the molecule is COc1ccc(-c2[nH]ncc2CN(Cc2ccc3c(c2)OCO3)C[C@H](C)O)cc1. The van der Waals surface area contributed by atoms with Gasteiger partial charge in [0.15, 0.2) is 11.5 Å². The molecular weight excluding hydrogens is 370 g/mol. The summed E-state index contributed by atoms with van der Waals surface area (Å²) in [5.74, 6) is 2.35. The van der Waals surface area contributed by atoms with Crippen molar-refractivity contribution in [2.45, 2.75) is 26.1 Å². The predicted molar refractivity (Wildman–Crippen MR) is 109 cm³/mol. The van der Waals surface area contributed by atoms with Crippen LogP contribution in [0.2, 0.25) is 0 Å². The van der Waals surface area contributed by atoms with E-state index in [1.54, 1.807) is 14.0 Å². The summed E-state index contributed by atoms with van der Waals surface area (Å²) < 4.78 is 16.1. The van der Waals surface area contributed by atoms with Crippen LogP contribution in [0.4, 0.5) is 0 Å². The van der Waals surface area contributed by atoms with Crippen LogP contribution in [0.15, 0.2) is 48.7 Å². The molecule has 1 atom stereocenters. The van der Waals surface area contributed by atoms with E-state index in [0.29, 0.717) is 19.6 Å². The highest BCUT2D eigenvalue weighted by molar-refractivity contribution is 5.63. The number of nitrogens with zero attached hydrogens (tertiary/aromatic N) is 2. The first kappa shape index (κ1) is 19.3. The first-order valence-electron chi connectivity index (χ1n) is 9.58. The van der Waals surface area contributed by atoms with Gasteiger partial charge in [-0.2, -0.15) is 5.10 Å². The molecule has 1 aliphatic rings. The molecule has 3 aromatic rings. The Kier molecular flexibility index (Phi) is 5.69. The first-order chi connectivity index (χ1) is 14.1. The van der Waals surface area contributed by atoms with Gasteiger partial charge in [-0.3, -0.25) is 10.00 Å². The number of aromatic amines is 1. The smallest absolute Gasteiger partial charge is 0.231 e. The van der Waals surface area contributed by atoms with Gasteiger partial charge >= 0.3 is 0 Å². The molecule has 0 saturated carbocycles. The van der Waals surface area contributed by atoms with Gasteiger partial charge in [0.1, 0.15) is 5.75 Å². The van der Waals surface area contributed by atoms with Crippen LogP contribution in [-0.4, -0.2) is 46.8 Å². The molecule has 0 unspecified atom stereocenters. The molecule has 0 bridgehead atoms. The highest BCUT2D eigenvalue weighted by Crippen LogP contribution is 2.33. The van der Waals surface area contributed by atoms with Gasteiger partial charge in [-0.05, 0) is 48.9 Å². The Morgan fingerprint density at radius 2 is 1.93 bits per heavy atom. The number of aliphatic hydroxyl groups is 1. The summed E-state index contributed by atoms with van der Waals surface area (Å²) in [5, 5.41) is 17.3. The van der Waals surface area contributed by atoms with E-state index < -0.39 is 6.10 Å². The maximum atomic E-state index is 10.0. The maximum Gasteiger partial charge on any atom is 0.231 e. The van der Waals surface area contributed by atoms with Crippen LogP contribution in [0.1, 0.15) is 18.1 Å². The molecular formula is C22H25N3O4. The minimum absolute atomic E-state index is 0.260. The lowest BCUT2D eigenvalue weighted by Crippen LogP contribution is -2.30. The van der Waals surface area contributed by atoms with Crippen LogP contribution in [0.3, 0.4) is 0 Å². The molecule has 7 nitrogen and oxygen atoms in total. The maximum absolute atomic E-state index is 10.0. The minimum atomic E-state index is -0.444. The lowest BCUT2D eigenvalue weighted by molar-refractivity contribution is 0.118. The Hall–Kier alpha value is -3.03. The van der Waals surface area contributed by atoms with Crippen molar-refractivity contribution in [2.24, 2.45) is 0 Å². The Morgan fingerprint density at radius 1 is 1.14 bits per heavy atom. The zero-order chi connectivity index (χ0) is 20.2. The summed E-state index contributed by atoms with van der Waals surface area (Å²) in [6.45, 7) is 3.93. The third-order valence-corrected chi connectivity index (χ3v) is 4.86. The number of H-pyrrole nitrogens is 1. The van der Waals surface area contributed by atoms with Gasteiger partial charge in [-0.15, -0.1) is 0 Å². The molecule has 0 aliphatic carbocycles. The summed E-state index contributed by atoms with van der Waals surface area (Å²) in [7, 11) is 1.65. The largest absolute Gasteiger partial charge is 0.497 e. The summed E-state index contributed by atoms with van der Waals surface area (Å²) in [6.07, 6.45) is 1.40. The van der Waals surface area contributed by atoms with Crippen LogP contribution in [0.5, 0.6) is 17.2 Å². The molecule has 29 heavy (non-hydrogen) atoms. The first-order valence-corrected chi connectivity index (χ1v) is 9.58. The fourth-order valence-corrected chi connectivity index (χ4v) is 3.54. The topological polar surface area (TPSA) is 79.8 Å². The van der Waals surface area contributed by atoms with Crippen LogP contribution < -0.4 is 14.2 Å². The summed E-state index contributed by atoms with van der Waals surface area (Å²) in [6, 6.07) is 13.8. The van der Waals surface area contributed by atoms with Crippen molar-refractivity contribution in [3.63, 3.8) is 0 Å². The van der Waals surface area contributed by atoms with Crippen molar-refractivity contribution in [2.75, 3.05) is 20.4 Å². The number of nitrogens with one attached hydrogen (secondary N) is 1. The van der Waals surface area contributed by atoms with Crippen molar-refractivity contribution in [1.82, 2.24) is 15.1 Å². The fourth-order valence-electron chi connectivity index (χ4n) is 3.54. The van der Waals surface area contributed by atoms with E-state index in [9.17, 15) is 5.11 Å². The molecule has 0 spiro atoms. The van der Waals surface area contributed by atoms with Crippen molar-refractivity contribution < 1.29 is 19.3 Å². The number of rotatable bonds is 8. The molecule has 4 rings (SSSR count). The summed E-state index contributed by atoms with van der Waals surface area (Å²) in [4.78, 5) is 2.19. The Labute approximate surface area is 169 Å². The quantitative estimate of drug-likeness (QED) is 0.610. The third-order valence-electron chi connectivity index (χ3n) is 4.86. The van der Waals surface area contributed by atoms with Gasteiger partial charge in [0.2, 0.25) is 6.79 Å². The molecule has 152 valence electrons. The van der Waals surface area contributed by atoms with E-state index >= 15 is 0 Å². The third kappa shape index (κ3) is 4.52. The lowest BCUT2D eigenvalue weighted by atomic mass is 10.1. The van der Waals surface area contributed by atoms with Crippen molar-refractivity contribution >= 4 is 0 Å². The molecule has 0 saturated heterocycles. The van der Waals surface area contributed by atoms with Crippen LogP contribution >= 0.6 is 0 Å². The monoisotopic (exact) mass is 395 g/mol. The number of methoxy groups -OCH3 is 1. The minimum Gasteiger partial charge on any atom is -0.497 e. The molecule has 2 heterocycles. The molecule has 2 N–H and O–H groups in total. The molecule has 2 aromatic carbocycles. The molecule has 1 aliphatic heterocycles. The van der Waals surface area contributed by atoms with E-state index in [-0.39, 0.29) is 6.79 Å². The van der Waals surface area contributed by atoms with Gasteiger partial charge in [-0.25, -0.2) is 0 Å². The molecule has 1 aromatic heterocycles. The second-order valence-corrected chi connectivity index (χ2v) is 7.20. The van der Waals surface area contributed by atoms with Crippen molar-refractivity contribution in [3.8, 4) is 28.5 Å². The van der Waals surface area contributed by atoms with E-state index in [4.69, 9.17) is 14.2 Å². The zero-order valence-electron chi connectivity index (χ0n) is 16.6. The number of benzene rings is 2. The summed E-state index contributed by atoms with van der Waals surface area (Å²) in [5.41, 5.74) is 4.17. The van der Waals surface area contributed by atoms with E-state index in [1.807, 2.05) is 48.7 Å². The Bertz CT molecular complexity index is 953. The Balaban J connectivity index is 1.53. The number of aliphatic hydroxyl groups excluding tert-OH is 1. The van der Waals surface area contributed by atoms with Crippen molar-refractivity contribution in [1.29, 1.82) is 0 Å². The van der Waals surface area contributed by atoms with Crippen molar-refractivity contribution in [3.05, 3.63) is 59.8 Å². The normalized spacial score (nSPS) is 13.7. The lowest BCUT2D eigenvalue weighted by Gasteiger charge is -2.24. The molecule has 0 fully saturated rings. The van der Waals surface area contributed by atoms with E-state index in [0.717, 1.165) is 39.6 Å². The van der Waals surface area contributed by atoms with Gasteiger partial charge in [0, 0.05) is 30.8 Å². The van der Waals surface area contributed by atoms with Gasteiger partial charge < -0.3 is 19.3 Å². The predicted octanol–water partition coefficient (Wildman–Crippen LogP) is 3.20. The molecule has 0 amide bonds. The number of fused-ring (bicyclic) bond motifs is 1.